The molecule has 282 valence electrons. The fraction of sp³-hybridized carbons (Fsp3) is 0.390. The molecule has 0 spiro atoms. The van der Waals surface area contributed by atoms with Gasteiger partial charge in [0, 0.05) is 51.4 Å². The molecule has 0 atom stereocenters. The van der Waals surface area contributed by atoms with Crippen LogP contribution in [0.25, 0.3) is 24.3 Å². The molecule has 1 heterocycles. The molecule has 3 aromatic rings. The van der Waals surface area contributed by atoms with Crippen LogP contribution in [0, 0.1) is 11.8 Å². The van der Waals surface area contributed by atoms with Crippen molar-refractivity contribution in [2.24, 2.45) is 0 Å². The van der Waals surface area contributed by atoms with Crippen LogP contribution in [0.3, 0.4) is 0 Å². The molecular weight excluding hydrogens is 672 g/mol. The number of rotatable bonds is 17. The number of anilines is 2. The molecule has 2 amide bonds. The molecule has 0 aliphatic rings. The number of benzene rings is 2. The molecule has 2 aromatic carbocycles. The Bertz CT molecular complexity index is 1640. The average molecular weight is 725 g/mol. The first kappa shape index (κ1) is 41.9. The van der Waals surface area contributed by atoms with Gasteiger partial charge >= 0.3 is 18.2 Å². The number of methoxy groups -OCH3 is 1. The minimum absolute atomic E-state index is 0.270. The van der Waals surface area contributed by atoms with Crippen LogP contribution in [0.5, 0.6) is 0 Å². The molecule has 53 heavy (non-hydrogen) atoms. The quantitative estimate of drug-likeness (QED) is 0.0656. The summed E-state index contributed by atoms with van der Waals surface area (Å²) in [5.74, 6) is 6.17. The standard InChI is InChI=1S/C41H52N6O6/c1-44(2)27-11-29-52-40(49)46(5)36-23-17-32(18-24-36)15-21-34-31-35(43-38(42-34)13-9-8-10-14-39(48)51-7)22-16-33-19-25-37(26-20-33)47(6)41(50)53-30-12-28-45(3)4/h15-26,31H,8,10-12,14,27-30H2,1-7H3/b21-15+,22-16+. The van der Waals surface area contributed by atoms with Crippen LogP contribution in [0.4, 0.5) is 21.0 Å². The van der Waals surface area contributed by atoms with Crippen LogP contribution < -0.4 is 9.80 Å². The lowest BCUT2D eigenvalue weighted by Crippen LogP contribution is -2.28. The van der Waals surface area contributed by atoms with Gasteiger partial charge in [-0.2, -0.15) is 0 Å². The Kier molecular flexibility index (Phi) is 17.7. The topological polar surface area (TPSA) is 118 Å². The van der Waals surface area contributed by atoms with Gasteiger partial charge in [0.05, 0.1) is 31.7 Å². The Morgan fingerprint density at radius 2 is 1.11 bits per heavy atom. The number of aromatic nitrogens is 2. The van der Waals surface area contributed by atoms with Crippen LogP contribution in [0.2, 0.25) is 0 Å². The number of amides is 2. The van der Waals surface area contributed by atoms with E-state index in [0.29, 0.717) is 61.1 Å². The molecule has 0 N–H and O–H groups in total. The Hall–Kier alpha value is -5.51. The van der Waals surface area contributed by atoms with Crippen molar-refractivity contribution in [1.29, 1.82) is 0 Å². The molecule has 0 aliphatic heterocycles. The summed E-state index contributed by atoms with van der Waals surface area (Å²) in [7, 11) is 12.7. The fourth-order valence-corrected chi connectivity index (χ4v) is 4.74. The normalized spacial score (nSPS) is 11.1. The summed E-state index contributed by atoms with van der Waals surface area (Å²) in [6.45, 7) is 2.41. The summed E-state index contributed by atoms with van der Waals surface area (Å²) in [5.41, 5.74) is 4.57. The highest BCUT2D eigenvalue weighted by Gasteiger charge is 2.13. The van der Waals surface area contributed by atoms with Gasteiger partial charge in [-0.25, -0.2) is 19.6 Å². The number of hydrogen-bond acceptors (Lipinski definition) is 10. The highest BCUT2D eigenvalue weighted by atomic mass is 16.6. The summed E-state index contributed by atoms with van der Waals surface area (Å²) in [4.78, 5) is 52.7. The number of hydrogen-bond donors (Lipinski definition) is 0. The van der Waals surface area contributed by atoms with E-state index in [2.05, 4.69) is 21.8 Å². The zero-order valence-electron chi connectivity index (χ0n) is 32.0. The van der Waals surface area contributed by atoms with Crippen LogP contribution >= 0.6 is 0 Å². The lowest BCUT2D eigenvalue weighted by molar-refractivity contribution is -0.140. The van der Waals surface area contributed by atoms with Crippen molar-refractivity contribution in [3.05, 3.63) is 82.9 Å². The minimum atomic E-state index is -0.401. The van der Waals surface area contributed by atoms with Gasteiger partial charge < -0.3 is 24.0 Å². The monoisotopic (exact) mass is 724 g/mol. The van der Waals surface area contributed by atoms with E-state index in [1.165, 1.54) is 16.9 Å². The Morgan fingerprint density at radius 3 is 1.53 bits per heavy atom. The largest absolute Gasteiger partial charge is 0.469 e. The predicted octanol–water partition coefficient (Wildman–Crippen LogP) is 6.56. The van der Waals surface area contributed by atoms with Crippen molar-refractivity contribution in [2.75, 3.05) is 85.5 Å². The zero-order valence-corrected chi connectivity index (χ0v) is 32.0. The maximum atomic E-state index is 12.5. The van der Waals surface area contributed by atoms with E-state index >= 15 is 0 Å². The Morgan fingerprint density at radius 1 is 0.660 bits per heavy atom. The first-order valence-corrected chi connectivity index (χ1v) is 17.6. The van der Waals surface area contributed by atoms with Gasteiger partial charge in [0.25, 0.3) is 0 Å². The van der Waals surface area contributed by atoms with Gasteiger partial charge in [-0.05, 0) is 107 Å². The number of esters is 1. The third-order valence-electron chi connectivity index (χ3n) is 7.83. The van der Waals surface area contributed by atoms with Gasteiger partial charge in [-0.15, -0.1) is 0 Å². The molecule has 3 rings (SSSR count). The van der Waals surface area contributed by atoms with Crippen molar-refractivity contribution in [3.63, 3.8) is 0 Å². The van der Waals surface area contributed by atoms with Crippen molar-refractivity contribution in [3.8, 4) is 11.8 Å². The number of unbranched alkanes of at least 4 members (excludes halogenated alkanes) is 1. The number of nitrogens with zero attached hydrogens (tertiary/aromatic N) is 6. The van der Waals surface area contributed by atoms with E-state index < -0.39 is 12.2 Å². The predicted molar refractivity (Wildman–Crippen MR) is 211 cm³/mol. The molecule has 0 unspecified atom stereocenters. The van der Waals surface area contributed by atoms with E-state index in [9.17, 15) is 14.4 Å². The summed E-state index contributed by atoms with van der Waals surface area (Å²) in [6, 6.07) is 17.0. The maximum absolute atomic E-state index is 12.5. The molecular formula is C41H52N6O6. The molecule has 0 saturated carbocycles. The minimum Gasteiger partial charge on any atom is -0.469 e. The van der Waals surface area contributed by atoms with Crippen molar-refractivity contribution in [2.45, 2.75) is 32.1 Å². The number of carbonyl (C=O) groups excluding carboxylic acids is 3. The highest BCUT2D eigenvalue weighted by molar-refractivity contribution is 5.88. The second-order valence-electron chi connectivity index (χ2n) is 12.8. The van der Waals surface area contributed by atoms with Crippen molar-refractivity contribution >= 4 is 53.8 Å². The van der Waals surface area contributed by atoms with Crippen LogP contribution in [-0.2, 0) is 19.0 Å². The SMILES string of the molecule is COC(=O)CCCC#Cc1nc(/C=C/c2ccc(N(C)C(=O)OCCCN(C)C)cc2)cc(/C=C/c2ccc(N(C)C(=O)OCCCN(C)C)cc2)n1. The van der Waals surface area contributed by atoms with Crippen LogP contribution in [0.15, 0.2) is 54.6 Å². The third-order valence-corrected chi connectivity index (χ3v) is 7.83. The molecule has 0 aliphatic carbocycles. The van der Waals surface area contributed by atoms with Gasteiger partial charge in [0.15, 0.2) is 0 Å². The summed E-state index contributed by atoms with van der Waals surface area (Å²) < 4.78 is 15.5. The van der Waals surface area contributed by atoms with Gasteiger partial charge in [-0.1, -0.05) is 42.3 Å². The Balaban J connectivity index is 1.73. The first-order valence-electron chi connectivity index (χ1n) is 17.6. The first-order chi connectivity index (χ1) is 25.4. The molecule has 0 bridgehead atoms. The molecule has 0 radical (unpaired) electrons. The second kappa shape index (κ2) is 22.4. The fourth-order valence-electron chi connectivity index (χ4n) is 4.74. The molecule has 0 saturated heterocycles. The molecule has 1 aromatic heterocycles. The van der Waals surface area contributed by atoms with E-state index in [4.69, 9.17) is 14.2 Å². The van der Waals surface area contributed by atoms with E-state index in [1.54, 1.807) is 14.1 Å². The summed E-state index contributed by atoms with van der Waals surface area (Å²) >= 11 is 0. The van der Waals surface area contributed by atoms with E-state index in [-0.39, 0.29) is 5.97 Å². The molecule has 12 nitrogen and oxygen atoms in total. The van der Waals surface area contributed by atoms with Gasteiger partial charge in [0.2, 0.25) is 5.82 Å². The van der Waals surface area contributed by atoms with Gasteiger partial charge in [-0.3, -0.25) is 14.6 Å². The zero-order chi connectivity index (χ0) is 38.6. The highest BCUT2D eigenvalue weighted by Crippen LogP contribution is 2.19. The lowest BCUT2D eigenvalue weighted by Gasteiger charge is -2.17. The van der Waals surface area contributed by atoms with E-state index in [1.807, 2.05) is 117 Å². The number of carbonyl (C=O) groups is 3. The third kappa shape index (κ3) is 15.7. The second-order valence-corrected chi connectivity index (χ2v) is 12.8. The molecule has 12 heteroatoms. The lowest BCUT2D eigenvalue weighted by atomic mass is 10.1. The van der Waals surface area contributed by atoms with Crippen LogP contribution in [-0.4, -0.2) is 114 Å². The van der Waals surface area contributed by atoms with Crippen LogP contribution in [0.1, 0.15) is 60.4 Å². The maximum Gasteiger partial charge on any atom is 0.414 e. The average Bonchev–Trinajstić information content (AvgIpc) is 3.15. The van der Waals surface area contributed by atoms with Gasteiger partial charge in [0.1, 0.15) is 0 Å². The smallest absolute Gasteiger partial charge is 0.414 e. The van der Waals surface area contributed by atoms with Crippen molar-refractivity contribution in [1.82, 2.24) is 19.8 Å². The number of ether oxygens (including phenoxy) is 3. The summed E-state index contributed by atoms with van der Waals surface area (Å²) in [5, 5.41) is 0. The molecule has 0 fully saturated rings. The van der Waals surface area contributed by atoms with Crippen molar-refractivity contribution < 1.29 is 28.6 Å². The van der Waals surface area contributed by atoms with E-state index in [0.717, 1.165) is 37.1 Å². The summed E-state index contributed by atoms with van der Waals surface area (Å²) in [6.07, 6.45) is 9.70. The Labute approximate surface area is 314 Å².